The number of imidazole rings is 2. The molecule has 1 aliphatic rings. The Balaban J connectivity index is 1.82. The number of aryl methyl sites for hydroxylation is 1. The molecule has 1 aromatic carbocycles. The van der Waals surface area contributed by atoms with Crippen LogP contribution >= 0.6 is 11.6 Å². The van der Waals surface area contributed by atoms with Crippen molar-refractivity contribution in [3.63, 3.8) is 0 Å². The third-order valence-electron chi connectivity index (χ3n) is 5.06. The number of halogens is 2. The Morgan fingerprint density at radius 3 is 2.91 bits per heavy atom. The number of aromatic nitrogens is 4. The topological polar surface area (TPSA) is 123 Å². The van der Waals surface area contributed by atoms with E-state index in [2.05, 4.69) is 25.9 Å². The minimum Gasteiger partial charge on any atom is -0.348 e. The van der Waals surface area contributed by atoms with Gasteiger partial charge in [0.1, 0.15) is 26.0 Å². The predicted octanol–water partition coefficient (Wildman–Crippen LogP) is 0.407. The van der Waals surface area contributed by atoms with Gasteiger partial charge >= 0.3 is 0 Å². The molecule has 3 aromatic rings. The Labute approximate surface area is 187 Å². The maximum atomic E-state index is 14.8. The summed E-state index contributed by atoms with van der Waals surface area (Å²) in [6.07, 6.45) is 3.63. The summed E-state index contributed by atoms with van der Waals surface area (Å²) in [7, 11) is 8.25. The second-order valence-electron chi connectivity index (χ2n) is 7.07. The van der Waals surface area contributed by atoms with Gasteiger partial charge in [0.25, 0.3) is 5.91 Å². The number of hydrogen-bond donors (Lipinski definition) is 3. The summed E-state index contributed by atoms with van der Waals surface area (Å²) in [5.74, 6) is -1.77. The smallest absolute Gasteiger partial charge is 0.287 e. The summed E-state index contributed by atoms with van der Waals surface area (Å²) in [6, 6.07) is 3.92. The molecule has 3 N–H and O–H groups in total. The molecule has 1 aliphatic heterocycles. The third kappa shape index (κ3) is 3.52. The number of carbonyl (C=O) groups is 3. The van der Waals surface area contributed by atoms with Gasteiger partial charge in [0.15, 0.2) is 5.82 Å². The molecule has 0 fully saturated rings. The van der Waals surface area contributed by atoms with Crippen molar-refractivity contribution in [3.8, 4) is 0 Å². The molecule has 2 aromatic heterocycles. The lowest BCUT2D eigenvalue weighted by Gasteiger charge is -2.38. The van der Waals surface area contributed by atoms with Crippen molar-refractivity contribution >= 4 is 43.5 Å². The Morgan fingerprint density at radius 1 is 1.47 bits per heavy atom. The number of amides is 3. The van der Waals surface area contributed by atoms with Gasteiger partial charge in [-0.05, 0) is 12.1 Å². The van der Waals surface area contributed by atoms with Crippen LogP contribution in [-0.2, 0) is 35.2 Å². The fourth-order valence-electron chi connectivity index (χ4n) is 3.66. The van der Waals surface area contributed by atoms with Gasteiger partial charge in [-0.2, -0.15) is 0 Å². The maximum Gasteiger partial charge on any atom is 0.287 e. The molecule has 3 heterocycles. The number of fused-ring (bicyclic) bond motifs is 1. The Kier molecular flexibility index (Phi) is 5.47. The van der Waals surface area contributed by atoms with Crippen molar-refractivity contribution in [2.45, 2.75) is 18.5 Å². The molecule has 0 bridgehead atoms. The van der Waals surface area contributed by atoms with E-state index in [0.717, 1.165) is 6.07 Å². The summed E-state index contributed by atoms with van der Waals surface area (Å²) in [4.78, 5) is 44.9. The summed E-state index contributed by atoms with van der Waals surface area (Å²) in [6.45, 7) is -0.251. The number of carbonyl (C=O) groups excluding carboxylic acids is 3. The van der Waals surface area contributed by atoms with Gasteiger partial charge in [0.05, 0.1) is 17.7 Å². The van der Waals surface area contributed by atoms with E-state index in [9.17, 15) is 18.8 Å². The van der Waals surface area contributed by atoms with E-state index >= 15 is 0 Å². The first-order valence-corrected chi connectivity index (χ1v) is 9.74. The van der Waals surface area contributed by atoms with E-state index < -0.39 is 23.1 Å². The fraction of sp³-hybridized carbons (Fsp3) is 0.211. The SMILES string of the molecule is [B]C1(c2c(F)cccc2Cl)NC(=O)Cn2c(C(=O)NCc3nccn3C)nc(NC=O)c21. The van der Waals surface area contributed by atoms with Crippen LogP contribution in [0.25, 0.3) is 0 Å². The van der Waals surface area contributed by atoms with E-state index in [1.165, 1.54) is 16.7 Å². The largest absolute Gasteiger partial charge is 0.348 e. The molecular formula is C19H16BClFN7O3. The summed E-state index contributed by atoms with van der Waals surface area (Å²) < 4.78 is 17.7. The third-order valence-corrected chi connectivity index (χ3v) is 5.38. The quantitative estimate of drug-likeness (QED) is 0.367. The van der Waals surface area contributed by atoms with Crippen molar-refractivity contribution in [3.05, 3.63) is 64.3 Å². The van der Waals surface area contributed by atoms with Gasteiger partial charge in [-0.1, -0.05) is 17.7 Å². The summed E-state index contributed by atoms with van der Waals surface area (Å²) in [5, 5.41) is 7.48. The molecule has 162 valence electrons. The number of benzene rings is 1. The first kappa shape index (κ1) is 21.6. The van der Waals surface area contributed by atoms with Crippen LogP contribution in [0.15, 0.2) is 30.6 Å². The summed E-state index contributed by atoms with van der Waals surface area (Å²) >= 11 is 6.21. The maximum absolute atomic E-state index is 14.8. The second-order valence-corrected chi connectivity index (χ2v) is 7.48. The van der Waals surface area contributed by atoms with Gasteiger partial charge in [0, 0.05) is 30.0 Å². The van der Waals surface area contributed by atoms with Crippen LogP contribution in [0, 0.1) is 5.82 Å². The number of anilines is 1. The zero-order valence-electron chi connectivity index (χ0n) is 16.7. The Bertz CT molecular complexity index is 1220. The van der Waals surface area contributed by atoms with Crippen molar-refractivity contribution in [1.82, 2.24) is 29.7 Å². The minimum atomic E-state index is -2.01. The molecular weight excluding hydrogens is 440 g/mol. The molecule has 2 radical (unpaired) electrons. The van der Waals surface area contributed by atoms with Crippen LogP contribution in [0.5, 0.6) is 0 Å². The van der Waals surface area contributed by atoms with Crippen LogP contribution in [-0.4, -0.2) is 45.2 Å². The lowest BCUT2D eigenvalue weighted by atomic mass is 9.68. The molecule has 0 aliphatic carbocycles. The van der Waals surface area contributed by atoms with E-state index in [1.807, 2.05) is 0 Å². The van der Waals surface area contributed by atoms with Crippen LogP contribution in [0.1, 0.15) is 27.7 Å². The second kappa shape index (κ2) is 8.11. The fourth-order valence-corrected chi connectivity index (χ4v) is 3.97. The lowest BCUT2D eigenvalue weighted by molar-refractivity contribution is -0.123. The molecule has 0 saturated heterocycles. The van der Waals surface area contributed by atoms with Crippen molar-refractivity contribution in [2.75, 3.05) is 5.32 Å². The van der Waals surface area contributed by atoms with Gasteiger partial charge in [-0.3, -0.25) is 14.4 Å². The molecule has 0 spiro atoms. The van der Waals surface area contributed by atoms with E-state index in [1.54, 1.807) is 24.0 Å². The highest BCUT2D eigenvalue weighted by Crippen LogP contribution is 2.39. The minimum absolute atomic E-state index is 0.00154. The van der Waals surface area contributed by atoms with E-state index in [0.29, 0.717) is 12.2 Å². The van der Waals surface area contributed by atoms with Crippen molar-refractivity contribution < 1.29 is 18.8 Å². The molecule has 4 rings (SSSR count). The normalized spacial score (nSPS) is 17.4. The average Bonchev–Trinajstić information content (AvgIpc) is 3.30. The first-order chi connectivity index (χ1) is 15.3. The Morgan fingerprint density at radius 2 is 2.25 bits per heavy atom. The molecule has 32 heavy (non-hydrogen) atoms. The zero-order valence-corrected chi connectivity index (χ0v) is 17.5. The molecule has 0 saturated carbocycles. The van der Waals surface area contributed by atoms with Crippen molar-refractivity contribution in [1.29, 1.82) is 0 Å². The monoisotopic (exact) mass is 455 g/mol. The van der Waals surface area contributed by atoms with Crippen LogP contribution in [0.3, 0.4) is 0 Å². The Hall–Kier alpha value is -3.67. The van der Waals surface area contributed by atoms with E-state index in [-0.39, 0.29) is 41.0 Å². The lowest BCUT2D eigenvalue weighted by Crippen LogP contribution is -2.55. The van der Waals surface area contributed by atoms with Crippen molar-refractivity contribution in [2.24, 2.45) is 7.05 Å². The number of nitrogens with zero attached hydrogens (tertiary/aromatic N) is 4. The van der Waals surface area contributed by atoms with E-state index in [4.69, 9.17) is 19.4 Å². The highest BCUT2D eigenvalue weighted by Gasteiger charge is 2.44. The predicted molar refractivity (Wildman–Crippen MR) is 112 cm³/mol. The number of rotatable bonds is 6. The zero-order chi connectivity index (χ0) is 23.0. The highest BCUT2D eigenvalue weighted by atomic mass is 35.5. The molecule has 10 nitrogen and oxygen atoms in total. The van der Waals surface area contributed by atoms with Gasteiger partial charge in [-0.25, -0.2) is 14.4 Å². The average molecular weight is 456 g/mol. The van der Waals surface area contributed by atoms with Crippen LogP contribution < -0.4 is 16.0 Å². The highest BCUT2D eigenvalue weighted by molar-refractivity contribution is 6.33. The molecule has 1 unspecified atom stereocenters. The molecule has 3 amide bonds. The van der Waals surface area contributed by atoms with Gasteiger partial charge in [0.2, 0.25) is 18.1 Å². The molecule has 13 heteroatoms. The number of nitrogens with one attached hydrogen (secondary N) is 3. The summed E-state index contributed by atoms with van der Waals surface area (Å²) in [5.41, 5.74) is -2.24. The van der Waals surface area contributed by atoms with Crippen LogP contribution in [0.4, 0.5) is 10.2 Å². The van der Waals surface area contributed by atoms with Gasteiger partial charge < -0.3 is 25.1 Å². The van der Waals surface area contributed by atoms with Crippen LogP contribution in [0.2, 0.25) is 5.02 Å². The number of hydrogen-bond acceptors (Lipinski definition) is 5. The first-order valence-electron chi connectivity index (χ1n) is 9.36. The van der Waals surface area contributed by atoms with Gasteiger partial charge in [-0.15, -0.1) is 0 Å². The molecule has 1 atom stereocenters. The standard InChI is InChI=1S/C19H16BClFN7O3/c1-28-6-5-23-12(28)7-24-18(32)17-26-16(25-9-30)15-19(20,27-13(31)8-29(15)17)14-10(21)3-2-4-11(14)22/h2-6,9H,7-8H2,1H3,(H,24,32)(H,25,30)(H,27,31).